The Labute approximate surface area is 96.8 Å². The van der Waals surface area contributed by atoms with Crippen molar-refractivity contribution in [3.63, 3.8) is 0 Å². The van der Waals surface area contributed by atoms with Crippen LogP contribution < -0.4 is 0 Å². The Bertz CT molecular complexity index is 639. The second-order valence-electron chi connectivity index (χ2n) is 3.74. The van der Waals surface area contributed by atoms with Gasteiger partial charge in [-0.1, -0.05) is 0 Å². The van der Waals surface area contributed by atoms with Gasteiger partial charge in [0, 0.05) is 11.6 Å². The van der Waals surface area contributed by atoms with Crippen molar-refractivity contribution >= 4 is 17.1 Å². The van der Waals surface area contributed by atoms with Crippen molar-refractivity contribution < 1.29 is 14.3 Å². The van der Waals surface area contributed by atoms with Crippen LogP contribution >= 0.6 is 0 Å². The Morgan fingerprint density at radius 3 is 3.00 bits per heavy atom. The van der Waals surface area contributed by atoms with Crippen LogP contribution in [0.5, 0.6) is 0 Å². The molecule has 5 heteroatoms. The average Bonchev–Trinajstić information content (AvgIpc) is 2.93. The standard InChI is InChI=1S/C12H8N2O3/c13-6-8-1-2-10-9(5-8)3-4-14(10)11-7-16-12(15)17-11/h1-5,11H,7H2. The van der Waals surface area contributed by atoms with E-state index in [9.17, 15) is 4.79 Å². The first-order valence-electron chi connectivity index (χ1n) is 5.12. The number of hydrogen-bond acceptors (Lipinski definition) is 4. The van der Waals surface area contributed by atoms with Gasteiger partial charge in [0.25, 0.3) is 0 Å². The number of carbonyl (C=O) groups excluding carboxylic acids is 1. The summed E-state index contributed by atoms with van der Waals surface area (Å²) in [6, 6.07) is 9.32. The molecular formula is C12H8N2O3. The van der Waals surface area contributed by atoms with Crippen LogP contribution in [-0.4, -0.2) is 17.3 Å². The molecule has 1 atom stereocenters. The highest BCUT2D eigenvalue weighted by atomic mass is 16.8. The molecule has 2 aromatic rings. The van der Waals surface area contributed by atoms with E-state index >= 15 is 0 Å². The zero-order chi connectivity index (χ0) is 11.8. The number of aromatic nitrogens is 1. The van der Waals surface area contributed by atoms with Gasteiger partial charge in [-0.15, -0.1) is 0 Å². The monoisotopic (exact) mass is 228 g/mol. The normalized spacial score (nSPS) is 18.8. The molecule has 0 radical (unpaired) electrons. The van der Waals surface area contributed by atoms with E-state index in [1.807, 2.05) is 22.9 Å². The molecule has 1 aliphatic heterocycles. The lowest BCUT2D eigenvalue weighted by Crippen LogP contribution is -2.09. The first-order chi connectivity index (χ1) is 8.28. The minimum Gasteiger partial charge on any atom is -0.428 e. The Hall–Kier alpha value is -2.48. The predicted molar refractivity (Wildman–Crippen MR) is 58.1 cm³/mol. The maximum atomic E-state index is 10.9. The Morgan fingerprint density at radius 2 is 2.29 bits per heavy atom. The Morgan fingerprint density at radius 1 is 1.41 bits per heavy atom. The number of fused-ring (bicyclic) bond motifs is 1. The molecule has 1 saturated heterocycles. The van der Waals surface area contributed by atoms with Crippen molar-refractivity contribution in [2.75, 3.05) is 6.61 Å². The minimum absolute atomic E-state index is 0.211. The molecule has 1 aromatic carbocycles. The molecule has 1 unspecified atom stereocenters. The largest absolute Gasteiger partial charge is 0.510 e. The van der Waals surface area contributed by atoms with Gasteiger partial charge in [-0.25, -0.2) is 4.79 Å². The highest BCUT2D eigenvalue weighted by Gasteiger charge is 2.27. The first kappa shape index (κ1) is 9.73. The third-order valence-electron chi connectivity index (χ3n) is 2.74. The molecule has 1 aliphatic rings. The maximum Gasteiger partial charge on any atom is 0.510 e. The van der Waals surface area contributed by atoms with Gasteiger partial charge in [0.05, 0.1) is 17.1 Å². The van der Waals surface area contributed by atoms with Gasteiger partial charge in [-0.05, 0) is 24.3 Å². The van der Waals surface area contributed by atoms with E-state index in [1.54, 1.807) is 12.1 Å². The molecule has 2 heterocycles. The van der Waals surface area contributed by atoms with Crippen LogP contribution in [0.2, 0.25) is 0 Å². The quantitative estimate of drug-likeness (QED) is 0.701. The Balaban J connectivity index is 2.07. The van der Waals surface area contributed by atoms with Crippen molar-refractivity contribution in [1.29, 1.82) is 5.26 Å². The van der Waals surface area contributed by atoms with E-state index in [-0.39, 0.29) is 6.61 Å². The summed E-state index contributed by atoms with van der Waals surface area (Å²) in [4.78, 5) is 10.9. The van der Waals surface area contributed by atoms with Gasteiger partial charge < -0.3 is 14.0 Å². The lowest BCUT2D eigenvalue weighted by atomic mass is 10.2. The van der Waals surface area contributed by atoms with Gasteiger partial charge >= 0.3 is 6.16 Å². The number of nitrogens with zero attached hydrogens (tertiary/aromatic N) is 2. The number of ether oxygens (including phenoxy) is 2. The summed E-state index contributed by atoms with van der Waals surface area (Å²) in [7, 11) is 0. The molecule has 0 spiro atoms. The molecular weight excluding hydrogens is 220 g/mol. The Kier molecular flexibility index (Phi) is 2.02. The summed E-state index contributed by atoms with van der Waals surface area (Å²) in [5.41, 5.74) is 1.52. The summed E-state index contributed by atoms with van der Waals surface area (Å²) in [5, 5.41) is 9.74. The average molecular weight is 228 g/mol. The second kappa shape index (κ2) is 3.52. The van der Waals surface area contributed by atoms with Crippen molar-refractivity contribution in [2.45, 2.75) is 6.23 Å². The number of hydrogen-bond donors (Lipinski definition) is 0. The van der Waals surface area contributed by atoms with E-state index in [0.29, 0.717) is 5.56 Å². The van der Waals surface area contributed by atoms with Crippen LogP contribution in [0.25, 0.3) is 10.9 Å². The van der Waals surface area contributed by atoms with Crippen LogP contribution in [0.4, 0.5) is 4.79 Å². The maximum absolute atomic E-state index is 10.9. The summed E-state index contributed by atoms with van der Waals surface area (Å²) in [6.07, 6.45) is 0.747. The van der Waals surface area contributed by atoms with Gasteiger partial charge in [0.15, 0.2) is 6.61 Å². The molecule has 0 bridgehead atoms. The second-order valence-corrected chi connectivity index (χ2v) is 3.74. The fourth-order valence-corrected chi connectivity index (χ4v) is 1.94. The summed E-state index contributed by atoms with van der Waals surface area (Å²) >= 11 is 0. The van der Waals surface area contributed by atoms with E-state index in [0.717, 1.165) is 10.9 Å². The molecule has 0 N–H and O–H groups in total. The van der Waals surface area contributed by atoms with E-state index < -0.39 is 12.4 Å². The first-order valence-corrected chi connectivity index (χ1v) is 5.12. The minimum atomic E-state index is -0.648. The number of carbonyl (C=O) groups is 1. The van der Waals surface area contributed by atoms with E-state index in [1.165, 1.54) is 0 Å². The molecule has 84 valence electrons. The van der Waals surface area contributed by atoms with Gasteiger partial charge in [0.1, 0.15) is 0 Å². The molecule has 0 saturated carbocycles. The number of cyclic esters (lactones) is 2. The number of benzene rings is 1. The molecule has 0 aliphatic carbocycles. The van der Waals surface area contributed by atoms with Gasteiger partial charge in [-0.3, -0.25) is 0 Å². The molecule has 0 amide bonds. The zero-order valence-corrected chi connectivity index (χ0v) is 8.79. The van der Waals surface area contributed by atoms with E-state index in [4.69, 9.17) is 14.7 Å². The van der Waals surface area contributed by atoms with Crippen LogP contribution in [0, 0.1) is 11.3 Å². The van der Waals surface area contributed by atoms with Crippen LogP contribution in [0.3, 0.4) is 0 Å². The molecule has 3 rings (SSSR count). The topological polar surface area (TPSA) is 64.2 Å². The van der Waals surface area contributed by atoms with E-state index in [2.05, 4.69) is 6.07 Å². The summed E-state index contributed by atoms with van der Waals surface area (Å²) < 4.78 is 11.6. The van der Waals surface area contributed by atoms with Crippen molar-refractivity contribution in [1.82, 2.24) is 4.57 Å². The van der Waals surface area contributed by atoms with Crippen LogP contribution in [0.1, 0.15) is 11.8 Å². The smallest absolute Gasteiger partial charge is 0.428 e. The molecule has 1 aromatic heterocycles. The lowest BCUT2D eigenvalue weighted by Gasteiger charge is -2.09. The fraction of sp³-hybridized carbons (Fsp3) is 0.167. The summed E-state index contributed by atoms with van der Waals surface area (Å²) in [5.74, 6) is 0. The van der Waals surface area contributed by atoms with Crippen molar-refractivity contribution in [3.05, 3.63) is 36.0 Å². The lowest BCUT2D eigenvalue weighted by molar-refractivity contribution is 0.0979. The number of nitriles is 1. The van der Waals surface area contributed by atoms with Gasteiger partial charge in [-0.2, -0.15) is 5.26 Å². The predicted octanol–water partition coefficient (Wildman–Crippen LogP) is 2.18. The van der Waals surface area contributed by atoms with Crippen molar-refractivity contribution in [2.24, 2.45) is 0 Å². The summed E-state index contributed by atoms with van der Waals surface area (Å²) in [6.45, 7) is 0.211. The van der Waals surface area contributed by atoms with Crippen LogP contribution in [0.15, 0.2) is 30.5 Å². The SMILES string of the molecule is N#Cc1ccc2c(ccn2C2COC(=O)O2)c1. The number of rotatable bonds is 1. The highest BCUT2D eigenvalue weighted by molar-refractivity contribution is 5.81. The molecule has 17 heavy (non-hydrogen) atoms. The zero-order valence-electron chi connectivity index (χ0n) is 8.79. The van der Waals surface area contributed by atoms with Gasteiger partial charge in [0.2, 0.25) is 6.23 Å². The molecule has 5 nitrogen and oxygen atoms in total. The third kappa shape index (κ3) is 1.51. The van der Waals surface area contributed by atoms with Crippen LogP contribution in [-0.2, 0) is 9.47 Å². The van der Waals surface area contributed by atoms with Crippen molar-refractivity contribution in [3.8, 4) is 6.07 Å². The highest BCUT2D eigenvalue weighted by Crippen LogP contribution is 2.25. The molecule has 1 fully saturated rings. The fourth-order valence-electron chi connectivity index (χ4n) is 1.94. The third-order valence-corrected chi connectivity index (χ3v) is 2.74.